The maximum atomic E-state index is 12.9. The molecule has 0 rings (SSSR count). The zero-order chi connectivity index (χ0) is 56.4. The second kappa shape index (κ2) is 64.8. The van der Waals surface area contributed by atoms with Crippen molar-refractivity contribution in [3.8, 4) is 0 Å². The van der Waals surface area contributed by atoms with Crippen molar-refractivity contribution in [1.82, 2.24) is 0 Å². The van der Waals surface area contributed by atoms with Crippen LogP contribution in [0.1, 0.15) is 271 Å². The Morgan fingerprint density at radius 2 is 0.500 bits per heavy atom. The van der Waals surface area contributed by atoms with Gasteiger partial charge in [0.05, 0.1) is 0 Å². The maximum Gasteiger partial charge on any atom is 0.306 e. The fourth-order valence-corrected chi connectivity index (χ4v) is 8.39. The molecule has 0 fully saturated rings. The van der Waals surface area contributed by atoms with Gasteiger partial charge in [0.15, 0.2) is 6.10 Å². The van der Waals surface area contributed by atoms with E-state index in [9.17, 15) is 14.4 Å². The second-order valence-electron chi connectivity index (χ2n) is 20.6. The largest absolute Gasteiger partial charge is 0.462 e. The van der Waals surface area contributed by atoms with Crippen LogP contribution in [0.3, 0.4) is 0 Å². The molecule has 0 aliphatic carbocycles. The van der Waals surface area contributed by atoms with Gasteiger partial charge in [0.1, 0.15) is 13.2 Å². The van der Waals surface area contributed by atoms with Gasteiger partial charge in [0.2, 0.25) is 0 Å². The normalized spacial score (nSPS) is 13.1. The molecule has 0 radical (unpaired) electrons. The molecule has 0 saturated heterocycles. The molecule has 0 spiro atoms. The molecule has 0 amide bonds. The third kappa shape index (κ3) is 62.1. The van der Waals surface area contributed by atoms with Gasteiger partial charge in [0.25, 0.3) is 0 Å². The van der Waals surface area contributed by atoms with E-state index in [1.54, 1.807) is 0 Å². The Morgan fingerprint density at radius 3 is 0.782 bits per heavy atom. The molecule has 78 heavy (non-hydrogen) atoms. The predicted octanol–water partition coefficient (Wildman–Crippen LogP) is 21.9. The van der Waals surface area contributed by atoms with Crippen molar-refractivity contribution in [2.75, 3.05) is 13.2 Å². The topological polar surface area (TPSA) is 78.9 Å². The van der Waals surface area contributed by atoms with Gasteiger partial charge in [-0.05, 0) is 122 Å². The summed E-state index contributed by atoms with van der Waals surface area (Å²) in [5.74, 6) is -0.950. The standard InChI is InChI=1S/C72H116O6/c1-4-7-10-13-16-19-22-25-28-30-32-34-36-38-40-42-44-47-50-53-56-59-62-65-71(74)77-68-69(67-76-70(73)64-61-58-55-52-49-46-27-24-21-18-15-12-9-6-3)78-72(75)66-63-60-57-54-51-48-45-43-41-39-37-35-33-31-29-26-23-20-17-14-11-8-5-2/h7-8,10-11,16-17,19-20,25-26,28-29,32-35,38-41,44-45,47-48,69H,4-6,9,12-15,18,21-24,27,30-31,36-37,42-43,46,49-68H2,1-3H3/b10-7-,11-8-,19-16-,20-17-,28-25-,29-26-,34-32-,35-33-,40-38-,41-39-,47-44-,48-45-. The highest BCUT2D eigenvalue weighted by Crippen LogP contribution is 2.15. The van der Waals surface area contributed by atoms with Gasteiger partial charge in [-0.3, -0.25) is 14.4 Å². The predicted molar refractivity (Wildman–Crippen MR) is 339 cm³/mol. The molecule has 0 N–H and O–H groups in total. The molecule has 6 nitrogen and oxygen atoms in total. The Morgan fingerprint density at radius 1 is 0.269 bits per heavy atom. The van der Waals surface area contributed by atoms with Crippen LogP contribution in [-0.4, -0.2) is 37.2 Å². The van der Waals surface area contributed by atoms with Crippen LogP contribution in [0.4, 0.5) is 0 Å². The van der Waals surface area contributed by atoms with Crippen molar-refractivity contribution < 1.29 is 28.6 Å². The van der Waals surface area contributed by atoms with Crippen LogP contribution in [0.2, 0.25) is 0 Å². The minimum Gasteiger partial charge on any atom is -0.462 e. The summed E-state index contributed by atoms with van der Waals surface area (Å²) in [5, 5.41) is 0. The first-order chi connectivity index (χ1) is 38.5. The Hall–Kier alpha value is -4.71. The molecule has 0 saturated carbocycles. The lowest BCUT2D eigenvalue weighted by Crippen LogP contribution is -2.30. The van der Waals surface area contributed by atoms with E-state index in [4.69, 9.17) is 14.2 Å². The number of allylic oxidation sites excluding steroid dienone is 24. The Kier molecular flexibility index (Phi) is 60.9. The number of unbranched alkanes of at least 4 members (excludes halogenated alkanes) is 21. The van der Waals surface area contributed by atoms with E-state index >= 15 is 0 Å². The summed E-state index contributed by atoms with van der Waals surface area (Å²) in [6.07, 6.45) is 92.7. The average molecular weight is 1080 g/mol. The number of carbonyl (C=O) groups is 3. The number of carbonyl (C=O) groups excluding carboxylic acids is 3. The van der Waals surface area contributed by atoms with E-state index in [1.165, 1.54) is 70.6 Å². The van der Waals surface area contributed by atoms with Gasteiger partial charge in [-0.15, -0.1) is 0 Å². The number of esters is 3. The lowest BCUT2D eigenvalue weighted by atomic mass is 10.0. The van der Waals surface area contributed by atoms with Crippen LogP contribution in [-0.2, 0) is 28.6 Å². The summed E-state index contributed by atoms with van der Waals surface area (Å²) in [6.45, 7) is 6.38. The molecule has 0 aromatic carbocycles. The summed E-state index contributed by atoms with van der Waals surface area (Å²) in [6, 6.07) is 0. The monoisotopic (exact) mass is 1080 g/mol. The fraction of sp³-hybridized carbons (Fsp3) is 0.625. The van der Waals surface area contributed by atoms with Gasteiger partial charge >= 0.3 is 17.9 Å². The summed E-state index contributed by atoms with van der Waals surface area (Å²) in [5.41, 5.74) is 0. The van der Waals surface area contributed by atoms with E-state index in [0.29, 0.717) is 12.8 Å². The highest BCUT2D eigenvalue weighted by Gasteiger charge is 2.19. The minimum absolute atomic E-state index is 0.100. The number of hydrogen-bond acceptors (Lipinski definition) is 6. The van der Waals surface area contributed by atoms with Crippen LogP contribution in [0.15, 0.2) is 146 Å². The summed E-state index contributed by atoms with van der Waals surface area (Å²) in [4.78, 5) is 38.3. The lowest BCUT2D eigenvalue weighted by molar-refractivity contribution is -0.167. The van der Waals surface area contributed by atoms with Crippen LogP contribution in [0.25, 0.3) is 0 Å². The Labute approximate surface area is 480 Å². The maximum absolute atomic E-state index is 12.9. The van der Waals surface area contributed by atoms with Crippen molar-refractivity contribution >= 4 is 17.9 Å². The highest BCUT2D eigenvalue weighted by atomic mass is 16.6. The van der Waals surface area contributed by atoms with E-state index in [1.807, 2.05) is 0 Å². The summed E-state index contributed by atoms with van der Waals surface area (Å²) < 4.78 is 16.9. The molecule has 440 valence electrons. The van der Waals surface area contributed by atoms with Gasteiger partial charge in [0, 0.05) is 19.3 Å². The molecule has 1 atom stereocenters. The molecular formula is C72H116O6. The van der Waals surface area contributed by atoms with E-state index in [-0.39, 0.29) is 37.5 Å². The van der Waals surface area contributed by atoms with Gasteiger partial charge < -0.3 is 14.2 Å². The van der Waals surface area contributed by atoms with E-state index in [0.717, 1.165) is 161 Å². The third-order valence-corrected chi connectivity index (χ3v) is 13.1. The van der Waals surface area contributed by atoms with Crippen molar-refractivity contribution in [1.29, 1.82) is 0 Å². The van der Waals surface area contributed by atoms with Crippen LogP contribution in [0.5, 0.6) is 0 Å². The lowest BCUT2D eigenvalue weighted by Gasteiger charge is -2.18. The first kappa shape index (κ1) is 73.3. The van der Waals surface area contributed by atoms with E-state index in [2.05, 4.69) is 167 Å². The summed E-state index contributed by atoms with van der Waals surface area (Å²) in [7, 11) is 0. The van der Waals surface area contributed by atoms with Crippen LogP contribution >= 0.6 is 0 Å². The second-order valence-corrected chi connectivity index (χ2v) is 20.6. The molecule has 6 heteroatoms. The molecule has 0 aliphatic heterocycles. The Bertz CT molecular complexity index is 1710. The van der Waals surface area contributed by atoms with Crippen molar-refractivity contribution in [3.63, 3.8) is 0 Å². The SMILES string of the molecule is CC/C=C\C/C=C\C/C=C\C/C=C\C/C=C\C/C=C\CCCCCCC(=O)OCC(COC(=O)CCCCCCCCCCCCCCCC)OC(=O)CCCCCC/C=C\C/C=C\C/C=C\C/C=C\C/C=C\C/C=C\CC. The molecular weight excluding hydrogens is 961 g/mol. The van der Waals surface area contributed by atoms with Gasteiger partial charge in [-0.25, -0.2) is 0 Å². The fourth-order valence-electron chi connectivity index (χ4n) is 8.39. The van der Waals surface area contributed by atoms with Crippen molar-refractivity contribution in [2.24, 2.45) is 0 Å². The van der Waals surface area contributed by atoms with Crippen LogP contribution in [0, 0.1) is 0 Å². The summed E-state index contributed by atoms with van der Waals surface area (Å²) >= 11 is 0. The van der Waals surface area contributed by atoms with Crippen molar-refractivity contribution in [3.05, 3.63) is 146 Å². The van der Waals surface area contributed by atoms with Crippen molar-refractivity contribution in [2.45, 2.75) is 277 Å². The molecule has 0 bridgehead atoms. The molecule has 0 aromatic heterocycles. The quantitative estimate of drug-likeness (QED) is 0.0261. The smallest absolute Gasteiger partial charge is 0.306 e. The Balaban J connectivity index is 4.50. The zero-order valence-electron chi connectivity index (χ0n) is 50.4. The van der Waals surface area contributed by atoms with Gasteiger partial charge in [-0.2, -0.15) is 0 Å². The third-order valence-electron chi connectivity index (χ3n) is 13.1. The molecule has 0 heterocycles. The van der Waals surface area contributed by atoms with Gasteiger partial charge in [-0.1, -0.05) is 276 Å². The minimum atomic E-state index is -0.809. The molecule has 0 aromatic rings. The first-order valence-corrected chi connectivity index (χ1v) is 31.8. The number of ether oxygens (including phenoxy) is 3. The molecule has 0 aliphatic rings. The first-order valence-electron chi connectivity index (χ1n) is 31.8. The molecule has 1 unspecified atom stereocenters. The average Bonchev–Trinajstić information content (AvgIpc) is 3.44. The van der Waals surface area contributed by atoms with Crippen LogP contribution < -0.4 is 0 Å². The number of rotatable bonds is 56. The van der Waals surface area contributed by atoms with E-state index < -0.39 is 6.10 Å². The zero-order valence-corrected chi connectivity index (χ0v) is 50.4. The number of hydrogen-bond donors (Lipinski definition) is 0. The highest BCUT2D eigenvalue weighted by molar-refractivity contribution is 5.71.